The Morgan fingerprint density at radius 2 is 1.83 bits per heavy atom. The number of carbonyl (C=O) groups is 2. The van der Waals surface area contributed by atoms with Crippen LogP contribution in [0.4, 0.5) is 8.78 Å². The molecule has 2 N–H and O–H groups in total. The Hall–Kier alpha value is -2.93. The molecule has 0 aliphatic carbocycles. The van der Waals surface area contributed by atoms with Gasteiger partial charge in [0.1, 0.15) is 0 Å². The highest BCUT2D eigenvalue weighted by molar-refractivity contribution is 6.30. The summed E-state index contributed by atoms with van der Waals surface area (Å²) in [4.78, 5) is 25.2. The van der Waals surface area contributed by atoms with Gasteiger partial charge in [-0.15, -0.1) is 0 Å². The molecule has 0 aliphatic heterocycles. The maximum atomic E-state index is 15.0. The molecule has 5 nitrogen and oxygen atoms in total. The second-order valence-electron chi connectivity index (χ2n) is 7.09. The monoisotopic (exact) mass is 435 g/mol. The van der Waals surface area contributed by atoms with Crippen LogP contribution in [0.3, 0.4) is 0 Å². The van der Waals surface area contributed by atoms with Crippen molar-refractivity contribution in [1.29, 1.82) is 0 Å². The summed E-state index contributed by atoms with van der Waals surface area (Å²) in [5.41, 5.74) is 0.302. The molecule has 1 atom stereocenters. The van der Waals surface area contributed by atoms with E-state index < -0.39 is 35.2 Å². The Morgan fingerprint density at radius 3 is 2.40 bits per heavy atom. The number of carboxylic acid groups (broad SMARTS) is 1. The van der Waals surface area contributed by atoms with Gasteiger partial charge in [0.2, 0.25) is 0 Å². The van der Waals surface area contributed by atoms with E-state index in [1.807, 2.05) is 6.92 Å². The third kappa shape index (κ3) is 3.65. The van der Waals surface area contributed by atoms with Gasteiger partial charge < -0.3 is 10.2 Å². The Balaban J connectivity index is 2.35. The molecular weight excluding hydrogens is 416 g/mol. The first-order valence-electron chi connectivity index (χ1n) is 9.43. The fourth-order valence-electron chi connectivity index (χ4n) is 3.72. The minimum absolute atomic E-state index is 0.0565. The molecule has 1 unspecified atom stereocenters. The number of halogens is 3. The van der Waals surface area contributed by atoms with Crippen LogP contribution in [0.2, 0.25) is 5.02 Å². The molecule has 0 saturated heterocycles. The number of hydrogen-bond acceptors (Lipinski definition) is 3. The summed E-state index contributed by atoms with van der Waals surface area (Å²) in [6, 6.07) is 6.79. The van der Waals surface area contributed by atoms with E-state index in [0.29, 0.717) is 17.9 Å². The number of carboxylic acids is 1. The zero-order chi connectivity index (χ0) is 22.2. The lowest BCUT2D eigenvalue weighted by Crippen LogP contribution is -2.16. The third-order valence-corrected chi connectivity index (χ3v) is 5.45. The van der Waals surface area contributed by atoms with Gasteiger partial charge in [0, 0.05) is 27.7 Å². The van der Waals surface area contributed by atoms with Gasteiger partial charge in [0.15, 0.2) is 17.4 Å². The van der Waals surface area contributed by atoms with Crippen molar-refractivity contribution >= 4 is 34.4 Å². The fraction of sp³-hybridized carbons (Fsp3) is 0.273. The smallest absolute Gasteiger partial charge is 0.311 e. The van der Waals surface area contributed by atoms with Crippen molar-refractivity contribution in [2.75, 3.05) is 0 Å². The number of rotatable bonds is 6. The molecule has 8 heteroatoms. The largest absolute Gasteiger partial charge is 0.503 e. The van der Waals surface area contributed by atoms with Gasteiger partial charge in [-0.1, -0.05) is 31.4 Å². The van der Waals surface area contributed by atoms with E-state index in [1.54, 1.807) is 0 Å². The quantitative estimate of drug-likeness (QED) is 0.525. The van der Waals surface area contributed by atoms with Gasteiger partial charge in [0.25, 0.3) is 5.91 Å². The van der Waals surface area contributed by atoms with Crippen molar-refractivity contribution in [1.82, 2.24) is 4.57 Å². The number of hydrogen-bond donors (Lipinski definition) is 2. The number of fused-ring (bicyclic) bond motifs is 1. The van der Waals surface area contributed by atoms with Crippen LogP contribution >= 0.6 is 11.6 Å². The molecule has 0 aliphatic rings. The van der Waals surface area contributed by atoms with Crippen molar-refractivity contribution in [3.63, 3.8) is 0 Å². The fourth-order valence-corrected chi connectivity index (χ4v) is 3.85. The molecule has 0 fully saturated rings. The lowest BCUT2D eigenvalue weighted by atomic mass is 9.91. The molecule has 1 heterocycles. The Morgan fingerprint density at radius 1 is 1.20 bits per heavy atom. The number of unbranched alkanes of at least 4 members (excludes halogenated alkanes) is 1. The summed E-state index contributed by atoms with van der Waals surface area (Å²) in [5.74, 6) is -6.63. The number of phenols is 1. The first kappa shape index (κ1) is 21.8. The number of aromatic hydroxyl groups is 1. The van der Waals surface area contributed by atoms with Crippen LogP contribution < -0.4 is 0 Å². The molecule has 0 radical (unpaired) electrons. The van der Waals surface area contributed by atoms with E-state index in [0.717, 1.165) is 10.6 Å². The highest BCUT2D eigenvalue weighted by Gasteiger charge is 2.32. The van der Waals surface area contributed by atoms with Gasteiger partial charge in [-0.25, -0.2) is 8.78 Å². The molecule has 0 saturated carbocycles. The number of carbonyl (C=O) groups excluding carboxylic acids is 1. The average molecular weight is 436 g/mol. The highest BCUT2D eigenvalue weighted by atomic mass is 35.5. The van der Waals surface area contributed by atoms with Gasteiger partial charge in [0.05, 0.1) is 11.4 Å². The Kier molecular flexibility index (Phi) is 6.12. The lowest BCUT2D eigenvalue weighted by molar-refractivity contribution is -0.139. The first-order valence-corrected chi connectivity index (χ1v) is 9.81. The van der Waals surface area contributed by atoms with Crippen molar-refractivity contribution in [3.8, 4) is 5.75 Å². The zero-order valence-electron chi connectivity index (χ0n) is 16.4. The first-order chi connectivity index (χ1) is 14.2. The maximum Gasteiger partial charge on any atom is 0.311 e. The summed E-state index contributed by atoms with van der Waals surface area (Å²) >= 11 is 5.87. The van der Waals surface area contributed by atoms with Crippen molar-refractivity contribution < 1.29 is 28.6 Å². The van der Waals surface area contributed by atoms with Gasteiger partial charge in [-0.05, 0) is 43.2 Å². The Bertz CT molecular complexity index is 1140. The molecule has 1 aromatic heterocycles. The molecule has 3 rings (SSSR count). The Labute approximate surface area is 176 Å². The summed E-state index contributed by atoms with van der Waals surface area (Å²) in [7, 11) is 0. The van der Waals surface area contributed by atoms with Crippen LogP contribution in [0.25, 0.3) is 10.9 Å². The maximum absolute atomic E-state index is 15.0. The third-order valence-electron chi connectivity index (χ3n) is 5.20. The standard InChI is InChI=1S/C22H20ClF2NO4/c1-3-4-5-14(22(29)30)17-11(2)26(21(28)12-6-8-13(23)9-7-12)16-10-15(24)20(27)19(25)18(16)17/h6-10,14,27H,3-5H2,1-2H3,(H,29,30). The SMILES string of the molecule is CCCCC(C(=O)O)c1c(C)n(C(=O)c2ccc(Cl)cc2)c2cc(F)c(O)c(F)c12. The van der Waals surface area contributed by atoms with Crippen molar-refractivity contribution in [2.45, 2.75) is 39.0 Å². The molecular formula is C22H20ClF2NO4. The topological polar surface area (TPSA) is 79.5 Å². The predicted octanol–water partition coefficient (Wildman–Crippen LogP) is 5.63. The molecule has 2 aromatic carbocycles. The van der Waals surface area contributed by atoms with E-state index in [-0.39, 0.29) is 34.1 Å². The summed E-state index contributed by atoms with van der Waals surface area (Å²) in [6.45, 7) is 3.38. The zero-order valence-corrected chi connectivity index (χ0v) is 17.1. The van der Waals surface area contributed by atoms with E-state index in [2.05, 4.69) is 0 Å². The number of aliphatic carboxylic acids is 1. The van der Waals surface area contributed by atoms with Crippen molar-refractivity contribution in [3.05, 3.63) is 63.8 Å². The average Bonchev–Trinajstić information content (AvgIpc) is 2.98. The molecule has 0 spiro atoms. The number of benzene rings is 2. The van der Waals surface area contributed by atoms with Crippen LogP contribution in [-0.4, -0.2) is 26.7 Å². The highest BCUT2D eigenvalue weighted by Crippen LogP contribution is 2.40. The second kappa shape index (κ2) is 8.44. The summed E-state index contributed by atoms with van der Waals surface area (Å²) in [5, 5.41) is 19.7. The van der Waals surface area contributed by atoms with E-state index >= 15 is 0 Å². The predicted molar refractivity (Wildman–Crippen MR) is 109 cm³/mol. The lowest BCUT2D eigenvalue weighted by Gasteiger charge is -2.14. The summed E-state index contributed by atoms with van der Waals surface area (Å²) < 4.78 is 30.2. The molecule has 0 amide bonds. The molecule has 0 bridgehead atoms. The molecule has 30 heavy (non-hydrogen) atoms. The van der Waals surface area contributed by atoms with Gasteiger partial charge >= 0.3 is 5.97 Å². The number of aromatic nitrogens is 1. The molecule has 158 valence electrons. The van der Waals surface area contributed by atoms with Crippen LogP contribution in [0.15, 0.2) is 30.3 Å². The van der Waals surface area contributed by atoms with E-state index in [1.165, 1.54) is 31.2 Å². The number of nitrogens with zero attached hydrogens (tertiary/aromatic N) is 1. The van der Waals surface area contributed by atoms with Crippen LogP contribution in [-0.2, 0) is 4.79 Å². The van der Waals surface area contributed by atoms with Crippen molar-refractivity contribution in [2.24, 2.45) is 0 Å². The van der Waals surface area contributed by atoms with Gasteiger partial charge in [-0.2, -0.15) is 0 Å². The van der Waals surface area contributed by atoms with E-state index in [9.17, 15) is 28.6 Å². The van der Waals surface area contributed by atoms with Crippen LogP contribution in [0.1, 0.15) is 53.7 Å². The van der Waals surface area contributed by atoms with E-state index in [4.69, 9.17) is 11.6 Å². The van der Waals surface area contributed by atoms with Crippen LogP contribution in [0, 0.1) is 18.6 Å². The normalized spacial score (nSPS) is 12.3. The van der Waals surface area contributed by atoms with Crippen LogP contribution in [0.5, 0.6) is 5.75 Å². The number of phenolic OH excluding ortho intramolecular Hbond substituents is 1. The molecule has 3 aromatic rings. The second-order valence-corrected chi connectivity index (χ2v) is 7.53. The minimum Gasteiger partial charge on any atom is -0.503 e. The van der Waals surface area contributed by atoms with Gasteiger partial charge in [-0.3, -0.25) is 14.2 Å². The summed E-state index contributed by atoms with van der Waals surface area (Å²) in [6.07, 6.45) is 1.48. The minimum atomic E-state index is -1.28.